The van der Waals surface area contributed by atoms with E-state index in [4.69, 9.17) is 21.8 Å². The van der Waals surface area contributed by atoms with Crippen molar-refractivity contribution in [3.8, 4) is 11.6 Å². The van der Waals surface area contributed by atoms with Crippen LogP contribution in [0, 0.1) is 0 Å². The van der Waals surface area contributed by atoms with Crippen LogP contribution >= 0.6 is 11.6 Å². The zero-order chi connectivity index (χ0) is 13.6. The minimum Gasteiger partial charge on any atom is -0.476 e. The molecule has 0 saturated heterocycles. The summed E-state index contributed by atoms with van der Waals surface area (Å²) in [6.45, 7) is 0.531. The minimum atomic E-state index is -1.04. The molecule has 0 aliphatic carbocycles. The number of furan rings is 1. The summed E-state index contributed by atoms with van der Waals surface area (Å²) in [6.07, 6.45) is 1.36. The van der Waals surface area contributed by atoms with E-state index in [1.165, 1.54) is 0 Å². The van der Waals surface area contributed by atoms with E-state index in [1.54, 1.807) is 12.1 Å². The molecule has 0 amide bonds. The predicted octanol–water partition coefficient (Wildman–Crippen LogP) is 1.77. The fourth-order valence-corrected chi connectivity index (χ4v) is 2.52. The van der Waals surface area contributed by atoms with Crippen molar-refractivity contribution in [3.05, 3.63) is 28.7 Å². The molecule has 2 aromatic rings. The normalized spacial score (nSPS) is 18.3. The lowest BCUT2D eigenvalue weighted by atomic mass is 10.0. The molecule has 0 aromatic carbocycles. The number of halogens is 1. The molecule has 7 heteroatoms. The molecule has 1 unspecified atom stereocenters. The van der Waals surface area contributed by atoms with Gasteiger partial charge in [0, 0.05) is 12.6 Å². The topological polar surface area (TPSA) is 94.3 Å². The Balaban J connectivity index is 2.17. The fourth-order valence-electron chi connectivity index (χ4n) is 2.38. The van der Waals surface area contributed by atoms with Crippen molar-refractivity contribution in [2.45, 2.75) is 25.4 Å². The van der Waals surface area contributed by atoms with Gasteiger partial charge in [0.05, 0.1) is 5.69 Å². The zero-order valence-corrected chi connectivity index (χ0v) is 10.7. The highest BCUT2D eigenvalue weighted by Crippen LogP contribution is 2.29. The maximum Gasteiger partial charge on any atom is 0.356 e. The number of nitrogens with zero attached hydrogens (tertiary/aromatic N) is 2. The van der Waals surface area contributed by atoms with Crippen LogP contribution in [0.25, 0.3) is 11.6 Å². The van der Waals surface area contributed by atoms with Gasteiger partial charge in [0.15, 0.2) is 22.5 Å². The van der Waals surface area contributed by atoms with Gasteiger partial charge in [-0.1, -0.05) is 0 Å². The summed E-state index contributed by atoms with van der Waals surface area (Å²) in [5.74, 6) is -0.120. The maximum absolute atomic E-state index is 11.2. The third-order valence-corrected chi connectivity index (χ3v) is 3.44. The molecular formula is C12H12ClN3O3. The summed E-state index contributed by atoms with van der Waals surface area (Å²) in [4.78, 5) is 15.4. The van der Waals surface area contributed by atoms with Crippen molar-refractivity contribution >= 4 is 17.6 Å². The van der Waals surface area contributed by atoms with Crippen LogP contribution in [-0.4, -0.2) is 26.7 Å². The summed E-state index contributed by atoms with van der Waals surface area (Å²) >= 11 is 5.75. The first-order chi connectivity index (χ1) is 9.06. The zero-order valence-electron chi connectivity index (χ0n) is 9.97. The fraction of sp³-hybridized carbons (Fsp3) is 0.333. The first-order valence-electron chi connectivity index (χ1n) is 5.90. The van der Waals surface area contributed by atoms with Crippen LogP contribution in [0.3, 0.4) is 0 Å². The molecule has 1 aliphatic rings. The van der Waals surface area contributed by atoms with Crippen LogP contribution in [0.4, 0.5) is 0 Å². The van der Waals surface area contributed by atoms with E-state index < -0.39 is 5.97 Å². The molecule has 3 heterocycles. The molecular weight excluding hydrogens is 270 g/mol. The first-order valence-corrected chi connectivity index (χ1v) is 6.28. The molecule has 0 radical (unpaired) electrons. The van der Waals surface area contributed by atoms with Gasteiger partial charge in [-0.15, -0.1) is 0 Å². The lowest BCUT2D eigenvalue weighted by Gasteiger charge is -2.22. The maximum atomic E-state index is 11.2. The first kappa shape index (κ1) is 12.3. The van der Waals surface area contributed by atoms with Crippen LogP contribution in [0.5, 0.6) is 0 Å². The predicted molar refractivity (Wildman–Crippen MR) is 68.2 cm³/mol. The van der Waals surface area contributed by atoms with Crippen LogP contribution in [-0.2, 0) is 13.0 Å². The number of carboxylic acids is 1. The van der Waals surface area contributed by atoms with Crippen molar-refractivity contribution in [2.24, 2.45) is 5.73 Å². The number of fused-ring (bicyclic) bond motifs is 1. The van der Waals surface area contributed by atoms with Gasteiger partial charge in [-0.25, -0.2) is 9.78 Å². The number of nitrogens with two attached hydrogens (primary N) is 1. The minimum absolute atomic E-state index is 0.00692. The van der Waals surface area contributed by atoms with E-state index in [0.29, 0.717) is 30.2 Å². The van der Waals surface area contributed by atoms with Gasteiger partial charge in [0.1, 0.15) is 0 Å². The second-order valence-electron chi connectivity index (χ2n) is 4.55. The van der Waals surface area contributed by atoms with Crippen molar-refractivity contribution in [1.82, 2.24) is 9.55 Å². The number of carbonyl (C=O) groups is 1. The molecule has 0 spiro atoms. The Bertz CT molecular complexity index is 647. The van der Waals surface area contributed by atoms with Gasteiger partial charge in [0.25, 0.3) is 0 Å². The molecule has 19 heavy (non-hydrogen) atoms. The van der Waals surface area contributed by atoms with E-state index in [2.05, 4.69) is 4.98 Å². The Morgan fingerprint density at radius 3 is 3.00 bits per heavy atom. The van der Waals surface area contributed by atoms with Crippen LogP contribution in [0.1, 0.15) is 22.6 Å². The molecule has 3 rings (SSSR count). The number of hydrogen-bond donors (Lipinski definition) is 2. The van der Waals surface area contributed by atoms with E-state index in [9.17, 15) is 9.90 Å². The van der Waals surface area contributed by atoms with Crippen LogP contribution < -0.4 is 5.73 Å². The Morgan fingerprint density at radius 2 is 2.37 bits per heavy atom. The average Bonchev–Trinajstić information content (AvgIpc) is 2.92. The lowest BCUT2D eigenvalue weighted by Crippen LogP contribution is -2.32. The highest BCUT2D eigenvalue weighted by molar-refractivity contribution is 6.28. The van der Waals surface area contributed by atoms with Crippen molar-refractivity contribution in [1.29, 1.82) is 0 Å². The Hall–Kier alpha value is -1.79. The highest BCUT2D eigenvalue weighted by atomic mass is 35.5. The molecule has 6 nitrogen and oxygen atoms in total. The number of aromatic nitrogens is 2. The number of rotatable bonds is 2. The monoisotopic (exact) mass is 281 g/mol. The number of hydrogen-bond acceptors (Lipinski definition) is 4. The van der Waals surface area contributed by atoms with Gasteiger partial charge < -0.3 is 19.8 Å². The van der Waals surface area contributed by atoms with Crippen molar-refractivity contribution < 1.29 is 14.3 Å². The van der Waals surface area contributed by atoms with E-state index in [0.717, 1.165) is 6.42 Å². The molecule has 0 fully saturated rings. The summed E-state index contributed by atoms with van der Waals surface area (Å²) in [6, 6.07) is 3.26. The quantitative estimate of drug-likeness (QED) is 0.875. The van der Waals surface area contributed by atoms with Gasteiger partial charge in [-0.05, 0) is 36.6 Å². The summed E-state index contributed by atoms with van der Waals surface area (Å²) in [7, 11) is 0. The van der Waals surface area contributed by atoms with Gasteiger partial charge in [-0.3, -0.25) is 0 Å². The van der Waals surface area contributed by atoms with Crippen molar-refractivity contribution in [2.75, 3.05) is 0 Å². The number of imidazole rings is 1. The second-order valence-corrected chi connectivity index (χ2v) is 4.92. The second kappa shape index (κ2) is 4.40. The smallest absolute Gasteiger partial charge is 0.356 e. The summed E-state index contributed by atoms with van der Waals surface area (Å²) in [5.41, 5.74) is 6.69. The van der Waals surface area contributed by atoms with Crippen molar-refractivity contribution in [3.63, 3.8) is 0 Å². The summed E-state index contributed by atoms with van der Waals surface area (Å²) < 4.78 is 7.12. The van der Waals surface area contributed by atoms with Gasteiger partial charge in [0.2, 0.25) is 0 Å². The molecule has 100 valence electrons. The largest absolute Gasteiger partial charge is 0.476 e. The highest BCUT2D eigenvalue weighted by Gasteiger charge is 2.28. The lowest BCUT2D eigenvalue weighted by molar-refractivity contribution is 0.0689. The summed E-state index contributed by atoms with van der Waals surface area (Å²) in [5, 5.41) is 9.45. The Morgan fingerprint density at radius 1 is 1.58 bits per heavy atom. The standard InChI is InChI=1S/C12H12ClN3O3/c13-9-4-3-8(19-9)11-15-10(12(17)18)7-2-1-6(14)5-16(7)11/h3-4,6H,1-2,5,14H2,(H,17,18). The molecule has 0 saturated carbocycles. The Labute approximate surface area is 113 Å². The SMILES string of the molecule is NC1CCc2c(C(=O)O)nc(-c3ccc(Cl)o3)n2C1. The van der Waals surface area contributed by atoms with Crippen LogP contribution in [0.15, 0.2) is 16.5 Å². The molecule has 0 bridgehead atoms. The molecule has 2 aromatic heterocycles. The van der Waals surface area contributed by atoms with Gasteiger partial charge in [-0.2, -0.15) is 0 Å². The Kier molecular flexibility index (Phi) is 2.83. The molecule has 1 aliphatic heterocycles. The van der Waals surface area contributed by atoms with E-state index in [1.807, 2.05) is 4.57 Å². The number of aromatic carboxylic acids is 1. The molecule has 3 N–H and O–H groups in total. The van der Waals surface area contributed by atoms with E-state index in [-0.39, 0.29) is 17.0 Å². The van der Waals surface area contributed by atoms with Crippen LogP contribution in [0.2, 0.25) is 5.22 Å². The molecule has 1 atom stereocenters. The third kappa shape index (κ3) is 2.02. The van der Waals surface area contributed by atoms with Gasteiger partial charge >= 0.3 is 5.97 Å². The van der Waals surface area contributed by atoms with E-state index >= 15 is 0 Å². The average molecular weight is 282 g/mol. The third-order valence-electron chi connectivity index (χ3n) is 3.24. The number of carboxylic acid groups (broad SMARTS) is 1.